The van der Waals surface area contributed by atoms with Crippen LogP contribution in [0, 0.1) is 6.92 Å². The first-order valence-electron chi connectivity index (χ1n) is 9.94. The van der Waals surface area contributed by atoms with Crippen molar-refractivity contribution in [3.8, 4) is 0 Å². The molecule has 1 saturated heterocycles. The molecule has 2 aromatic rings. The molecule has 1 fully saturated rings. The van der Waals surface area contributed by atoms with Gasteiger partial charge in [0, 0.05) is 31.0 Å². The lowest BCUT2D eigenvalue weighted by atomic mass is 10.00. The van der Waals surface area contributed by atoms with Crippen LogP contribution in [0.2, 0.25) is 0 Å². The van der Waals surface area contributed by atoms with E-state index in [1.165, 1.54) is 28.6 Å². The maximum absolute atomic E-state index is 13.0. The molecule has 0 spiro atoms. The number of benzene rings is 2. The van der Waals surface area contributed by atoms with Crippen LogP contribution in [0.25, 0.3) is 0 Å². The van der Waals surface area contributed by atoms with Crippen molar-refractivity contribution < 1.29 is 26.4 Å². The third kappa shape index (κ3) is 4.07. The largest absolute Gasteiger partial charge is 0.444 e. The van der Waals surface area contributed by atoms with E-state index < -0.39 is 26.0 Å². The van der Waals surface area contributed by atoms with Gasteiger partial charge >= 0.3 is 6.09 Å². The van der Waals surface area contributed by atoms with Crippen LogP contribution >= 0.6 is 0 Å². The Morgan fingerprint density at radius 2 is 1.55 bits per heavy atom. The highest BCUT2D eigenvalue weighted by molar-refractivity contribution is 7.90. The minimum Gasteiger partial charge on any atom is -0.444 e. The van der Waals surface area contributed by atoms with E-state index in [0.717, 1.165) is 23.1 Å². The minimum atomic E-state index is -3.76. The molecule has 0 atom stereocenters. The zero-order chi connectivity index (χ0) is 22.4. The lowest BCUT2D eigenvalue weighted by Gasteiger charge is -2.40. The van der Waals surface area contributed by atoms with Gasteiger partial charge in [-0.2, -0.15) is 4.31 Å². The summed E-state index contributed by atoms with van der Waals surface area (Å²) in [5.41, 5.74) is 2.78. The van der Waals surface area contributed by atoms with Crippen molar-refractivity contribution in [2.45, 2.75) is 42.2 Å². The molecule has 2 aromatic carbocycles. The average molecular weight is 465 g/mol. The topological polar surface area (TPSA) is 101 Å². The number of amides is 1. The van der Waals surface area contributed by atoms with E-state index in [1.807, 2.05) is 25.1 Å². The summed E-state index contributed by atoms with van der Waals surface area (Å²) in [6.07, 6.45) is 1.62. The Morgan fingerprint density at radius 3 is 2.16 bits per heavy atom. The fraction of sp³-hybridized carbons (Fsp3) is 0.381. The van der Waals surface area contributed by atoms with Gasteiger partial charge in [-0.25, -0.2) is 21.6 Å². The van der Waals surface area contributed by atoms with Crippen LogP contribution in [0.1, 0.15) is 24.0 Å². The summed E-state index contributed by atoms with van der Waals surface area (Å²) in [6, 6.07) is 10.9. The third-order valence-corrected chi connectivity index (χ3v) is 8.83. The second kappa shape index (κ2) is 7.92. The number of nitrogens with zero attached hydrogens (tertiary/aromatic N) is 2. The van der Waals surface area contributed by atoms with E-state index >= 15 is 0 Å². The van der Waals surface area contributed by atoms with Gasteiger partial charge in [0.2, 0.25) is 10.0 Å². The summed E-state index contributed by atoms with van der Waals surface area (Å²) in [6.45, 7) is 2.70. The molecule has 1 amide bonds. The molecular formula is C21H24N2O6S2. The van der Waals surface area contributed by atoms with Gasteiger partial charge in [-0.3, -0.25) is 4.90 Å². The van der Waals surface area contributed by atoms with Crippen LogP contribution < -0.4 is 4.90 Å². The van der Waals surface area contributed by atoms with E-state index in [-0.39, 0.29) is 35.5 Å². The molecule has 8 nitrogen and oxygen atoms in total. The minimum absolute atomic E-state index is 0.0527. The molecule has 10 heteroatoms. The molecule has 0 saturated carbocycles. The van der Waals surface area contributed by atoms with E-state index in [2.05, 4.69) is 0 Å². The molecule has 0 unspecified atom stereocenters. The number of fused-ring (bicyclic) bond motifs is 1. The maximum Gasteiger partial charge on any atom is 0.414 e. The molecule has 166 valence electrons. The molecule has 0 aromatic heterocycles. The first-order valence-corrected chi connectivity index (χ1v) is 13.3. The smallest absolute Gasteiger partial charge is 0.414 e. The molecule has 4 rings (SSSR count). The van der Waals surface area contributed by atoms with Crippen molar-refractivity contribution in [1.29, 1.82) is 0 Å². The zero-order valence-electron chi connectivity index (χ0n) is 17.3. The fourth-order valence-corrected chi connectivity index (χ4v) is 6.26. The number of cyclic esters (lactones) is 1. The van der Waals surface area contributed by atoms with Gasteiger partial charge in [-0.05, 0) is 49.6 Å². The van der Waals surface area contributed by atoms with Crippen LogP contribution in [-0.2, 0) is 31.2 Å². The summed E-state index contributed by atoms with van der Waals surface area (Å²) in [4.78, 5) is 14.3. The summed E-state index contributed by atoms with van der Waals surface area (Å²) in [7, 11) is -7.16. The molecule has 0 radical (unpaired) electrons. The van der Waals surface area contributed by atoms with Crippen molar-refractivity contribution in [2.75, 3.05) is 24.2 Å². The predicted molar refractivity (Wildman–Crippen MR) is 115 cm³/mol. The van der Waals surface area contributed by atoms with Gasteiger partial charge in [-0.1, -0.05) is 18.2 Å². The molecule has 31 heavy (non-hydrogen) atoms. The summed E-state index contributed by atoms with van der Waals surface area (Å²) < 4.78 is 56.0. The Balaban J connectivity index is 1.52. The second-order valence-corrected chi connectivity index (χ2v) is 11.8. The first kappa shape index (κ1) is 21.8. The standard InChI is InChI=1S/C21H24N2O6S2/c1-15-4-3-5-16-14-29-21(24)23(20(15)16)17-10-12-22(13-11-17)31(27,28)19-8-6-18(7-9-19)30(2,25)26/h3-9,17H,10-14H2,1-2H3. The lowest BCUT2D eigenvalue weighted by molar-refractivity contribution is 0.135. The third-order valence-electron chi connectivity index (χ3n) is 5.79. The molecule has 0 N–H and O–H groups in total. The highest BCUT2D eigenvalue weighted by Crippen LogP contribution is 2.35. The van der Waals surface area contributed by atoms with Crippen molar-refractivity contribution in [3.63, 3.8) is 0 Å². The van der Waals surface area contributed by atoms with Crippen molar-refractivity contribution in [3.05, 3.63) is 53.6 Å². The molecule has 0 bridgehead atoms. The number of sulfone groups is 1. The second-order valence-electron chi connectivity index (χ2n) is 7.89. The van der Waals surface area contributed by atoms with Crippen LogP contribution in [0.3, 0.4) is 0 Å². The van der Waals surface area contributed by atoms with Gasteiger partial charge in [0.15, 0.2) is 9.84 Å². The van der Waals surface area contributed by atoms with Gasteiger partial charge in [-0.15, -0.1) is 0 Å². The van der Waals surface area contributed by atoms with Crippen molar-refractivity contribution in [1.82, 2.24) is 4.31 Å². The quantitative estimate of drug-likeness (QED) is 0.690. The number of aryl methyl sites for hydroxylation is 1. The monoisotopic (exact) mass is 464 g/mol. The summed E-state index contributed by atoms with van der Waals surface area (Å²) in [5.74, 6) is 0. The van der Waals surface area contributed by atoms with E-state index in [9.17, 15) is 21.6 Å². The van der Waals surface area contributed by atoms with Gasteiger partial charge in [0.1, 0.15) is 6.61 Å². The average Bonchev–Trinajstić information content (AvgIpc) is 2.74. The Bertz CT molecular complexity index is 1220. The number of para-hydroxylation sites is 1. The molecular weight excluding hydrogens is 440 g/mol. The van der Waals surface area contributed by atoms with Crippen LogP contribution in [-0.4, -0.2) is 52.6 Å². The number of rotatable bonds is 4. The van der Waals surface area contributed by atoms with Gasteiger partial charge < -0.3 is 4.74 Å². The number of sulfonamides is 1. The number of carbonyl (C=O) groups excluding carboxylic acids is 1. The van der Waals surface area contributed by atoms with Crippen molar-refractivity contribution in [2.24, 2.45) is 0 Å². The van der Waals surface area contributed by atoms with Gasteiger partial charge in [0.25, 0.3) is 0 Å². The zero-order valence-corrected chi connectivity index (χ0v) is 18.9. The normalized spacial score (nSPS) is 18.5. The van der Waals surface area contributed by atoms with E-state index in [0.29, 0.717) is 12.8 Å². The van der Waals surface area contributed by atoms with Gasteiger partial charge in [0.05, 0.1) is 15.5 Å². The van der Waals surface area contributed by atoms with Crippen LogP contribution in [0.15, 0.2) is 52.3 Å². The SMILES string of the molecule is Cc1cccc2c1N(C1CCN(S(=O)(=O)c3ccc(S(C)(=O)=O)cc3)CC1)C(=O)OC2. The Kier molecular flexibility index (Phi) is 5.57. The highest BCUT2D eigenvalue weighted by Gasteiger charge is 2.37. The Labute approximate surface area is 182 Å². The number of piperidine rings is 1. The lowest BCUT2D eigenvalue weighted by Crippen LogP contribution is -2.50. The van der Waals surface area contributed by atoms with Crippen LogP contribution in [0.5, 0.6) is 0 Å². The maximum atomic E-state index is 13.0. The Hall–Kier alpha value is -2.43. The molecule has 0 aliphatic carbocycles. The summed E-state index contributed by atoms with van der Waals surface area (Å²) in [5, 5.41) is 0. The number of anilines is 1. The number of carbonyl (C=O) groups is 1. The Morgan fingerprint density at radius 1 is 0.935 bits per heavy atom. The first-order chi connectivity index (χ1) is 14.6. The van der Waals surface area contributed by atoms with E-state index in [1.54, 1.807) is 4.90 Å². The summed E-state index contributed by atoms with van der Waals surface area (Å²) >= 11 is 0. The molecule has 2 aliphatic heterocycles. The number of ether oxygens (including phenoxy) is 1. The fourth-order valence-electron chi connectivity index (χ4n) is 4.16. The molecule has 2 aliphatic rings. The predicted octanol–water partition coefficient (Wildman–Crippen LogP) is 2.71. The molecule has 2 heterocycles. The number of hydrogen-bond donors (Lipinski definition) is 0. The number of hydrogen-bond acceptors (Lipinski definition) is 6. The highest BCUT2D eigenvalue weighted by atomic mass is 32.2. The van der Waals surface area contributed by atoms with Crippen molar-refractivity contribution >= 4 is 31.6 Å². The van der Waals surface area contributed by atoms with Crippen LogP contribution in [0.4, 0.5) is 10.5 Å². The van der Waals surface area contributed by atoms with E-state index in [4.69, 9.17) is 4.74 Å².